The van der Waals surface area contributed by atoms with E-state index in [1.165, 1.54) is 31.5 Å². The maximum Gasteiger partial charge on any atom is 0.0811 e. The number of nitrogens with zero attached hydrogens (tertiary/aromatic N) is 1. The second-order valence-corrected chi connectivity index (χ2v) is 7.66. The number of hydrogen-bond acceptors (Lipinski definition) is 4. The lowest BCUT2D eigenvalue weighted by Gasteiger charge is -2.19. The van der Waals surface area contributed by atoms with E-state index in [9.17, 15) is 0 Å². The van der Waals surface area contributed by atoms with E-state index in [4.69, 9.17) is 10.2 Å². The van der Waals surface area contributed by atoms with Crippen molar-refractivity contribution in [3.8, 4) is 0 Å². The van der Waals surface area contributed by atoms with Gasteiger partial charge in [0, 0.05) is 25.6 Å². The van der Waals surface area contributed by atoms with Gasteiger partial charge in [0.25, 0.3) is 0 Å². The molecule has 2 heterocycles. The highest BCUT2D eigenvalue weighted by Crippen LogP contribution is 2.26. The standard InChI is InChI=1S/C15H23N.C6H13NO2/c1-3-13(2)15-9-10-16(12-15)11-14-7-5-4-6-8-14;8-4-6(9)5-1-2-7-3-5/h4-8,13,15H,3,9-12H2,1-2H3;5-9H,1-4H2/t13-,15+;5-,6+/m01/s1. The number of aliphatic hydroxyl groups excluding tert-OH is 2. The van der Waals surface area contributed by atoms with Gasteiger partial charge >= 0.3 is 0 Å². The summed E-state index contributed by atoms with van der Waals surface area (Å²) in [5.74, 6) is 2.09. The van der Waals surface area contributed by atoms with Crippen molar-refractivity contribution in [3.63, 3.8) is 0 Å². The second-order valence-electron chi connectivity index (χ2n) is 7.66. The molecule has 3 rings (SSSR count). The van der Waals surface area contributed by atoms with E-state index in [1.54, 1.807) is 0 Å². The highest BCUT2D eigenvalue weighted by molar-refractivity contribution is 5.14. The average Bonchev–Trinajstić information content (AvgIpc) is 3.34. The monoisotopic (exact) mass is 348 g/mol. The highest BCUT2D eigenvalue weighted by Gasteiger charge is 2.25. The Morgan fingerprint density at radius 1 is 1.20 bits per heavy atom. The number of benzene rings is 1. The maximum atomic E-state index is 9.07. The molecule has 4 nitrogen and oxygen atoms in total. The zero-order valence-electron chi connectivity index (χ0n) is 15.9. The summed E-state index contributed by atoms with van der Waals surface area (Å²) in [6.45, 7) is 10.1. The summed E-state index contributed by atoms with van der Waals surface area (Å²) >= 11 is 0. The second kappa shape index (κ2) is 10.9. The van der Waals surface area contributed by atoms with Gasteiger partial charge in [0.2, 0.25) is 0 Å². The van der Waals surface area contributed by atoms with Crippen molar-refractivity contribution in [2.75, 3.05) is 32.8 Å². The number of aliphatic hydroxyl groups is 2. The fourth-order valence-corrected chi connectivity index (χ4v) is 3.80. The Labute approximate surface area is 153 Å². The van der Waals surface area contributed by atoms with E-state index in [2.05, 4.69) is 54.4 Å². The molecule has 3 N–H and O–H groups in total. The van der Waals surface area contributed by atoms with Gasteiger partial charge in [0.1, 0.15) is 0 Å². The Balaban J connectivity index is 0.000000212. The van der Waals surface area contributed by atoms with Crippen LogP contribution in [0.25, 0.3) is 0 Å². The Kier molecular flexibility index (Phi) is 8.90. The van der Waals surface area contributed by atoms with Crippen LogP contribution in [0.1, 0.15) is 38.7 Å². The summed E-state index contributed by atoms with van der Waals surface area (Å²) in [7, 11) is 0. The van der Waals surface area contributed by atoms with E-state index in [0.717, 1.165) is 37.9 Å². The number of rotatable bonds is 6. The number of likely N-dealkylation sites (tertiary alicyclic amines) is 1. The van der Waals surface area contributed by atoms with Crippen LogP contribution in [0.2, 0.25) is 0 Å². The van der Waals surface area contributed by atoms with Gasteiger partial charge in [-0.2, -0.15) is 0 Å². The molecule has 0 unspecified atom stereocenters. The molecule has 1 aromatic carbocycles. The van der Waals surface area contributed by atoms with E-state index < -0.39 is 6.10 Å². The molecule has 0 saturated carbocycles. The lowest BCUT2D eigenvalue weighted by atomic mass is 9.91. The van der Waals surface area contributed by atoms with Gasteiger partial charge in [-0.3, -0.25) is 4.90 Å². The molecular weight excluding hydrogens is 312 g/mol. The molecular formula is C21H36N2O2. The topological polar surface area (TPSA) is 55.7 Å². The van der Waals surface area contributed by atoms with Crippen LogP contribution in [0, 0.1) is 17.8 Å². The minimum Gasteiger partial charge on any atom is -0.394 e. The molecule has 4 atom stereocenters. The third-order valence-electron chi connectivity index (χ3n) is 5.84. The normalized spacial score (nSPS) is 26.1. The first-order chi connectivity index (χ1) is 12.1. The summed E-state index contributed by atoms with van der Waals surface area (Å²) in [5.41, 5.74) is 1.45. The van der Waals surface area contributed by atoms with Gasteiger partial charge in [-0.25, -0.2) is 0 Å². The smallest absolute Gasteiger partial charge is 0.0811 e. The fraction of sp³-hybridized carbons (Fsp3) is 0.714. The zero-order valence-corrected chi connectivity index (χ0v) is 15.9. The van der Waals surface area contributed by atoms with Gasteiger partial charge in [-0.15, -0.1) is 0 Å². The van der Waals surface area contributed by atoms with E-state index >= 15 is 0 Å². The molecule has 142 valence electrons. The first kappa shape index (κ1) is 20.4. The summed E-state index contributed by atoms with van der Waals surface area (Å²) in [6.07, 6.45) is 3.19. The van der Waals surface area contributed by atoms with Crippen molar-refractivity contribution in [2.45, 2.75) is 45.8 Å². The molecule has 4 heteroatoms. The Hall–Kier alpha value is -0.940. The number of nitrogens with one attached hydrogen (secondary N) is 1. The van der Waals surface area contributed by atoms with Crippen LogP contribution in [0.15, 0.2) is 30.3 Å². The van der Waals surface area contributed by atoms with Crippen LogP contribution in [-0.2, 0) is 6.54 Å². The van der Waals surface area contributed by atoms with Gasteiger partial charge in [-0.1, -0.05) is 50.6 Å². The minimum atomic E-state index is -0.514. The van der Waals surface area contributed by atoms with Crippen molar-refractivity contribution in [1.29, 1.82) is 0 Å². The molecule has 0 bridgehead atoms. The molecule has 0 aliphatic carbocycles. The molecule has 2 fully saturated rings. The van der Waals surface area contributed by atoms with Gasteiger partial charge < -0.3 is 15.5 Å². The predicted octanol–water partition coefficient (Wildman–Crippen LogP) is 2.50. The largest absolute Gasteiger partial charge is 0.394 e. The molecule has 25 heavy (non-hydrogen) atoms. The van der Waals surface area contributed by atoms with Crippen LogP contribution in [-0.4, -0.2) is 54.0 Å². The van der Waals surface area contributed by atoms with Crippen LogP contribution in [0.4, 0.5) is 0 Å². The molecule has 0 radical (unpaired) electrons. The highest BCUT2D eigenvalue weighted by atomic mass is 16.3. The molecule has 0 aromatic heterocycles. The van der Waals surface area contributed by atoms with E-state index in [1.807, 2.05) is 0 Å². The molecule has 0 spiro atoms. The fourth-order valence-electron chi connectivity index (χ4n) is 3.80. The third kappa shape index (κ3) is 6.70. The summed E-state index contributed by atoms with van der Waals surface area (Å²) in [5, 5.41) is 20.7. The van der Waals surface area contributed by atoms with Crippen LogP contribution in [0.5, 0.6) is 0 Å². The Bertz CT molecular complexity index is 462. The Morgan fingerprint density at radius 3 is 2.56 bits per heavy atom. The quantitative estimate of drug-likeness (QED) is 0.739. The van der Waals surface area contributed by atoms with Crippen molar-refractivity contribution >= 4 is 0 Å². The summed E-state index contributed by atoms with van der Waals surface area (Å²) < 4.78 is 0. The van der Waals surface area contributed by atoms with E-state index in [0.29, 0.717) is 0 Å². The van der Waals surface area contributed by atoms with Crippen molar-refractivity contribution in [3.05, 3.63) is 35.9 Å². The first-order valence-electron chi connectivity index (χ1n) is 9.90. The van der Waals surface area contributed by atoms with Crippen LogP contribution >= 0.6 is 0 Å². The summed E-state index contributed by atoms with van der Waals surface area (Å²) in [6, 6.07) is 10.8. The zero-order chi connectivity index (χ0) is 18.1. The first-order valence-corrected chi connectivity index (χ1v) is 9.90. The SMILES string of the molecule is CC[C@H](C)[C@@H]1CCN(Cc2ccccc2)C1.OC[C@H](O)[C@@H]1CCNC1. The van der Waals surface area contributed by atoms with Gasteiger partial charge in [0.15, 0.2) is 0 Å². The third-order valence-corrected chi connectivity index (χ3v) is 5.84. The molecule has 0 amide bonds. The summed E-state index contributed by atoms with van der Waals surface area (Å²) in [4.78, 5) is 2.60. The molecule has 2 aliphatic rings. The van der Waals surface area contributed by atoms with Crippen molar-refractivity contribution in [2.24, 2.45) is 17.8 Å². The van der Waals surface area contributed by atoms with Gasteiger partial charge in [-0.05, 0) is 43.3 Å². The van der Waals surface area contributed by atoms with Crippen molar-refractivity contribution < 1.29 is 10.2 Å². The maximum absolute atomic E-state index is 9.07. The number of hydrogen-bond donors (Lipinski definition) is 3. The molecule has 2 aliphatic heterocycles. The molecule has 1 aromatic rings. The Morgan fingerprint density at radius 2 is 1.96 bits per heavy atom. The van der Waals surface area contributed by atoms with Crippen molar-refractivity contribution in [1.82, 2.24) is 10.2 Å². The predicted molar refractivity (Wildman–Crippen MR) is 103 cm³/mol. The van der Waals surface area contributed by atoms with Crippen LogP contribution < -0.4 is 5.32 Å². The van der Waals surface area contributed by atoms with Crippen LogP contribution in [0.3, 0.4) is 0 Å². The lowest BCUT2D eigenvalue weighted by Crippen LogP contribution is -2.25. The van der Waals surface area contributed by atoms with E-state index in [-0.39, 0.29) is 12.5 Å². The molecule has 2 saturated heterocycles. The minimum absolute atomic E-state index is 0.105. The average molecular weight is 349 g/mol. The van der Waals surface area contributed by atoms with Gasteiger partial charge in [0.05, 0.1) is 12.7 Å². The lowest BCUT2D eigenvalue weighted by molar-refractivity contribution is 0.0539.